The first-order valence-corrected chi connectivity index (χ1v) is 8.55. The first-order chi connectivity index (χ1) is 11.5. The molecule has 0 spiro atoms. The van der Waals surface area contributed by atoms with Gasteiger partial charge in [0.1, 0.15) is 5.82 Å². The van der Waals surface area contributed by atoms with Crippen LogP contribution in [0.25, 0.3) is 10.9 Å². The number of H-pyrrole nitrogens is 1. The van der Waals surface area contributed by atoms with Gasteiger partial charge in [0.2, 0.25) is 0 Å². The lowest BCUT2D eigenvalue weighted by Crippen LogP contribution is -2.04. The lowest BCUT2D eigenvalue weighted by molar-refractivity contribution is 0.0526. The van der Waals surface area contributed by atoms with Crippen molar-refractivity contribution in [3.8, 4) is 0 Å². The van der Waals surface area contributed by atoms with E-state index in [1.807, 2.05) is 25.1 Å². The third kappa shape index (κ3) is 3.04. The smallest absolute Gasteiger partial charge is 0.338 e. The highest BCUT2D eigenvalue weighted by atomic mass is 32.2. The van der Waals surface area contributed by atoms with Gasteiger partial charge in [-0.3, -0.25) is 0 Å². The van der Waals surface area contributed by atoms with Crippen LogP contribution in [0.2, 0.25) is 0 Å². The van der Waals surface area contributed by atoms with E-state index < -0.39 is 0 Å². The van der Waals surface area contributed by atoms with E-state index in [2.05, 4.69) is 4.98 Å². The normalized spacial score (nSPS) is 11.0. The number of benzene rings is 2. The number of rotatable bonds is 4. The molecule has 0 unspecified atom stereocenters. The van der Waals surface area contributed by atoms with Crippen LogP contribution in [0.1, 0.15) is 28.5 Å². The topological polar surface area (TPSA) is 42.1 Å². The van der Waals surface area contributed by atoms with Crippen molar-refractivity contribution in [2.24, 2.45) is 0 Å². The van der Waals surface area contributed by atoms with E-state index in [9.17, 15) is 9.18 Å². The minimum Gasteiger partial charge on any atom is -0.462 e. The van der Waals surface area contributed by atoms with Crippen molar-refractivity contribution in [2.45, 2.75) is 30.6 Å². The van der Waals surface area contributed by atoms with Crippen LogP contribution >= 0.6 is 11.8 Å². The highest BCUT2D eigenvalue weighted by Crippen LogP contribution is 2.37. The maximum Gasteiger partial charge on any atom is 0.338 e. The summed E-state index contributed by atoms with van der Waals surface area (Å²) in [4.78, 5) is 16.9. The van der Waals surface area contributed by atoms with Crippen molar-refractivity contribution < 1.29 is 13.9 Å². The molecule has 3 rings (SSSR count). The molecule has 124 valence electrons. The van der Waals surface area contributed by atoms with Gasteiger partial charge < -0.3 is 9.72 Å². The van der Waals surface area contributed by atoms with E-state index in [0.717, 1.165) is 20.9 Å². The molecular formula is C19H18FNO2S. The van der Waals surface area contributed by atoms with Crippen LogP contribution in [0.5, 0.6) is 0 Å². The molecule has 3 nitrogen and oxygen atoms in total. The van der Waals surface area contributed by atoms with E-state index >= 15 is 0 Å². The molecule has 2 aromatic carbocycles. The average Bonchev–Trinajstić information content (AvgIpc) is 2.88. The molecule has 1 heterocycles. The van der Waals surface area contributed by atoms with Crippen LogP contribution in [0.4, 0.5) is 4.39 Å². The highest BCUT2D eigenvalue weighted by Gasteiger charge is 2.15. The lowest BCUT2D eigenvalue weighted by atomic mass is 10.2. The van der Waals surface area contributed by atoms with Gasteiger partial charge in [-0.25, -0.2) is 9.18 Å². The Kier molecular flexibility index (Phi) is 4.62. The van der Waals surface area contributed by atoms with Crippen LogP contribution in [0.3, 0.4) is 0 Å². The van der Waals surface area contributed by atoms with Crippen molar-refractivity contribution in [3.05, 3.63) is 59.0 Å². The van der Waals surface area contributed by atoms with Gasteiger partial charge >= 0.3 is 5.97 Å². The summed E-state index contributed by atoms with van der Waals surface area (Å²) >= 11 is 1.51. The van der Waals surface area contributed by atoms with Gasteiger partial charge in [0.05, 0.1) is 17.7 Å². The molecule has 0 radical (unpaired) electrons. The quantitative estimate of drug-likeness (QED) is 0.658. The zero-order chi connectivity index (χ0) is 17.3. The van der Waals surface area contributed by atoms with Crippen molar-refractivity contribution in [1.82, 2.24) is 4.98 Å². The third-order valence-electron chi connectivity index (χ3n) is 3.80. The summed E-state index contributed by atoms with van der Waals surface area (Å²) in [6.07, 6.45) is 0. The number of aromatic nitrogens is 1. The van der Waals surface area contributed by atoms with Gasteiger partial charge in [0.25, 0.3) is 0 Å². The molecule has 3 aromatic rings. The summed E-state index contributed by atoms with van der Waals surface area (Å²) in [7, 11) is 0. The van der Waals surface area contributed by atoms with E-state index in [-0.39, 0.29) is 11.8 Å². The molecule has 0 bridgehead atoms. The number of aryl methyl sites for hydroxylation is 2. The number of ether oxygens (including phenoxy) is 1. The Labute approximate surface area is 144 Å². The summed E-state index contributed by atoms with van der Waals surface area (Å²) in [6.45, 7) is 5.80. The van der Waals surface area contributed by atoms with E-state index in [4.69, 9.17) is 4.74 Å². The predicted octanol–water partition coefficient (Wildman–Crippen LogP) is 5.25. The molecule has 0 saturated carbocycles. The Morgan fingerprint density at radius 1 is 1.25 bits per heavy atom. The Bertz CT molecular complexity index is 917. The fourth-order valence-electron chi connectivity index (χ4n) is 2.59. The second kappa shape index (κ2) is 6.69. The molecule has 0 aliphatic carbocycles. The van der Waals surface area contributed by atoms with Crippen molar-refractivity contribution >= 4 is 28.6 Å². The SMILES string of the molecule is CCOC(=O)c1cccc(Sc2c(C)[nH]c3c(F)c(C)ccc23)c1. The molecule has 5 heteroatoms. The molecular weight excluding hydrogens is 325 g/mol. The number of halogens is 1. The van der Waals surface area contributed by atoms with Gasteiger partial charge in [-0.15, -0.1) is 0 Å². The molecule has 0 fully saturated rings. The Morgan fingerprint density at radius 2 is 2.04 bits per heavy atom. The zero-order valence-corrected chi connectivity index (χ0v) is 14.6. The van der Waals surface area contributed by atoms with Crippen LogP contribution in [0, 0.1) is 19.7 Å². The van der Waals surface area contributed by atoms with E-state index in [0.29, 0.717) is 23.3 Å². The van der Waals surface area contributed by atoms with Gasteiger partial charge in [0, 0.05) is 20.9 Å². The standard InChI is InChI=1S/C19H18FNO2S/c1-4-23-19(22)13-6-5-7-14(10-13)24-18-12(3)21-17-15(18)9-8-11(2)16(17)20/h5-10,21H,4H2,1-3H3. The lowest BCUT2D eigenvalue weighted by Gasteiger charge is -2.06. The molecule has 0 aliphatic heterocycles. The number of nitrogens with one attached hydrogen (secondary N) is 1. The van der Waals surface area contributed by atoms with Crippen molar-refractivity contribution in [2.75, 3.05) is 6.61 Å². The summed E-state index contributed by atoms with van der Waals surface area (Å²) in [5.41, 5.74) is 2.56. The summed E-state index contributed by atoms with van der Waals surface area (Å²) in [6, 6.07) is 11.0. The number of carbonyl (C=O) groups excluding carboxylic acids is 1. The predicted molar refractivity (Wildman–Crippen MR) is 94.3 cm³/mol. The third-order valence-corrected chi connectivity index (χ3v) is 5.02. The first-order valence-electron chi connectivity index (χ1n) is 7.73. The molecule has 1 N–H and O–H groups in total. The maximum absolute atomic E-state index is 14.3. The minimum absolute atomic E-state index is 0.220. The Balaban J connectivity index is 1.99. The number of carbonyl (C=O) groups is 1. The number of aromatic amines is 1. The monoisotopic (exact) mass is 343 g/mol. The summed E-state index contributed by atoms with van der Waals surface area (Å²) in [5, 5.41) is 0.849. The van der Waals surface area contributed by atoms with Crippen molar-refractivity contribution in [3.63, 3.8) is 0 Å². The molecule has 24 heavy (non-hydrogen) atoms. The molecule has 0 aliphatic rings. The van der Waals surface area contributed by atoms with Gasteiger partial charge in [-0.2, -0.15) is 0 Å². The second-order valence-corrected chi connectivity index (χ2v) is 6.63. The maximum atomic E-state index is 14.3. The largest absolute Gasteiger partial charge is 0.462 e. The minimum atomic E-state index is -0.336. The molecule has 0 saturated heterocycles. The van der Waals surface area contributed by atoms with Crippen LogP contribution in [0.15, 0.2) is 46.2 Å². The second-order valence-electron chi connectivity index (χ2n) is 5.55. The first kappa shape index (κ1) is 16.6. The van der Waals surface area contributed by atoms with E-state index in [1.54, 1.807) is 32.0 Å². The number of hydrogen-bond donors (Lipinski definition) is 1. The average molecular weight is 343 g/mol. The number of hydrogen-bond acceptors (Lipinski definition) is 3. The van der Waals surface area contributed by atoms with Crippen LogP contribution in [-0.2, 0) is 4.74 Å². The zero-order valence-electron chi connectivity index (χ0n) is 13.8. The number of fused-ring (bicyclic) bond motifs is 1. The summed E-state index contributed by atoms with van der Waals surface area (Å²) in [5.74, 6) is -0.556. The van der Waals surface area contributed by atoms with Crippen LogP contribution in [-0.4, -0.2) is 17.6 Å². The van der Waals surface area contributed by atoms with Gasteiger partial charge in [-0.1, -0.05) is 30.0 Å². The van der Waals surface area contributed by atoms with Crippen molar-refractivity contribution in [1.29, 1.82) is 0 Å². The summed E-state index contributed by atoms with van der Waals surface area (Å²) < 4.78 is 19.3. The number of esters is 1. The Hall–Kier alpha value is -2.27. The van der Waals surface area contributed by atoms with Gasteiger partial charge in [0.15, 0.2) is 0 Å². The Morgan fingerprint density at radius 3 is 2.79 bits per heavy atom. The molecule has 0 atom stereocenters. The van der Waals surface area contributed by atoms with E-state index in [1.165, 1.54) is 11.8 Å². The molecule has 1 aromatic heterocycles. The fourth-order valence-corrected chi connectivity index (χ4v) is 3.64. The fraction of sp³-hybridized carbons (Fsp3) is 0.211. The molecule has 0 amide bonds. The highest BCUT2D eigenvalue weighted by molar-refractivity contribution is 7.99. The van der Waals surface area contributed by atoms with Gasteiger partial charge in [-0.05, 0) is 44.5 Å². The van der Waals surface area contributed by atoms with Crippen LogP contribution < -0.4 is 0 Å².